The van der Waals surface area contributed by atoms with Crippen LogP contribution in [0.1, 0.15) is 28.1 Å². The van der Waals surface area contributed by atoms with Gasteiger partial charge in [-0.3, -0.25) is 0 Å². The van der Waals surface area contributed by atoms with E-state index in [2.05, 4.69) is 36.2 Å². The van der Waals surface area contributed by atoms with Crippen molar-refractivity contribution in [2.24, 2.45) is 5.73 Å². The minimum Gasteiger partial charge on any atom is -0.389 e. The molecular formula is C14H16N2S2. The number of aryl methyl sites for hydroxylation is 3. The second-order valence-corrected chi connectivity index (χ2v) is 5.61. The first-order valence-corrected chi connectivity index (χ1v) is 7.25. The Hall–Kier alpha value is -1.26. The van der Waals surface area contributed by atoms with Gasteiger partial charge >= 0.3 is 0 Å². The Morgan fingerprint density at radius 2 is 2.00 bits per heavy atom. The van der Waals surface area contributed by atoms with Crippen LogP contribution >= 0.6 is 23.6 Å². The molecule has 94 valence electrons. The number of aromatic nitrogens is 1. The van der Waals surface area contributed by atoms with Crippen LogP contribution in [0.25, 0.3) is 0 Å². The van der Waals surface area contributed by atoms with Gasteiger partial charge in [0.25, 0.3) is 0 Å². The Balaban J connectivity index is 2.08. The molecule has 0 bridgehead atoms. The number of hydrogen-bond donors (Lipinski definition) is 1. The highest BCUT2D eigenvalue weighted by Gasteiger charge is 2.11. The van der Waals surface area contributed by atoms with Crippen LogP contribution in [-0.2, 0) is 19.3 Å². The number of benzene rings is 1. The molecule has 1 aromatic carbocycles. The minimum atomic E-state index is 0.468. The van der Waals surface area contributed by atoms with Gasteiger partial charge in [-0.05, 0) is 18.4 Å². The van der Waals surface area contributed by atoms with Gasteiger partial charge in [0.2, 0.25) is 0 Å². The Morgan fingerprint density at radius 1 is 1.28 bits per heavy atom. The first kappa shape index (κ1) is 13.2. The zero-order valence-corrected chi connectivity index (χ0v) is 12.0. The van der Waals surface area contributed by atoms with Crippen LogP contribution in [0.2, 0.25) is 0 Å². The summed E-state index contributed by atoms with van der Waals surface area (Å²) >= 11 is 6.69. The Labute approximate surface area is 117 Å². The van der Waals surface area contributed by atoms with E-state index in [0.717, 1.165) is 34.8 Å². The molecule has 4 heteroatoms. The smallest absolute Gasteiger partial charge is 0.116 e. The number of hydrogen-bond acceptors (Lipinski definition) is 3. The molecule has 0 atom stereocenters. The van der Waals surface area contributed by atoms with Gasteiger partial charge in [-0.1, -0.05) is 49.5 Å². The van der Waals surface area contributed by atoms with Gasteiger partial charge < -0.3 is 5.73 Å². The van der Waals surface area contributed by atoms with E-state index in [1.54, 1.807) is 11.3 Å². The number of nitrogens with zero attached hydrogens (tertiary/aromatic N) is 1. The zero-order valence-electron chi connectivity index (χ0n) is 10.3. The van der Waals surface area contributed by atoms with Crippen molar-refractivity contribution in [2.75, 3.05) is 0 Å². The van der Waals surface area contributed by atoms with Crippen molar-refractivity contribution in [1.82, 2.24) is 4.98 Å². The predicted octanol–water partition coefficient (Wildman–Crippen LogP) is 3.12. The number of thiocarbonyl (C=S) groups is 1. The zero-order chi connectivity index (χ0) is 13.0. The van der Waals surface area contributed by atoms with Crippen molar-refractivity contribution in [2.45, 2.75) is 26.2 Å². The van der Waals surface area contributed by atoms with Gasteiger partial charge in [0.1, 0.15) is 4.99 Å². The van der Waals surface area contributed by atoms with Gasteiger partial charge in [-0.25, -0.2) is 4.98 Å². The maximum absolute atomic E-state index is 5.71. The van der Waals surface area contributed by atoms with E-state index >= 15 is 0 Å². The van der Waals surface area contributed by atoms with Crippen LogP contribution in [0, 0.1) is 0 Å². The molecule has 1 aromatic heterocycles. The van der Waals surface area contributed by atoms with Crippen molar-refractivity contribution in [3.05, 3.63) is 51.5 Å². The quantitative estimate of drug-likeness (QED) is 0.853. The fourth-order valence-corrected chi connectivity index (χ4v) is 3.08. The van der Waals surface area contributed by atoms with Gasteiger partial charge in [0.15, 0.2) is 0 Å². The molecule has 2 nitrogen and oxygen atoms in total. The highest BCUT2D eigenvalue weighted by Crippen LogP contribution is 2.20. The SMILES string of the molecule is CCc1nc(CCc2ccccc2)sc1C(N)=S. The average molecular weight is 276 g/mol. The average Bonchev–Trinajstić information content (AvgIpc) is 2.81. The van der Waals surface area contributed by atoms with Crippen LogP contribution in [-0.4, -0.2) is 9.97 Å². The highest BCUT2D eigenvalue weighted by atomic mass is 32.1. The van der Waals surface area contributed by atoms with E-state index in [0.29, 0.717) is 4.99 Å². The number of nitrogens with two attached hydrogens (primary N) is 1. The molecule has 0 amide bonds. The Morgan fingerprint density at radius 3 is 2.56 bits per heavy atom. The van der Waals surface area contributed by atoms with E-state index in [9.17, 15) is 0 Å². The van der Waals surface area contributed by atoms with Gasteiger partial charge in [0, 0.05) is 6.42 Å². The van der Waals surface area contributed by atoms with Gasteiger partial charge in [0.05, 0.1) is 15.6 Å². The maximum atomic E-state index is 5.71. The maximum Gasteiger partial charge on any atom is 0.116 e. The molecule has 2 rings (SSSR count). The van der Waals surface area contributed by atoms with E-state index in [4.69, 9.17) is 18.0 Å². The van der Waals surface area contributed by atoms with Crippen LogP contribution in [0.3, 0.4) is 0 Å². The second-order valence-electron chi connectivity index (χ2n) is 4.09. The summed E-state index contributed by atoms with van der Waals surface area (Å²) in [5, 5.41) is 1.12. The molecule has 0 aliphatic heterocycles. The lowest BCUT2D eigenvalue weighted by Gasteiger charge is -1.97. The summed E-state index contributed by atoms with van der Waals surface area (Å²) in [4.78, 5) is 6.07. The van der Waals surface area contributed by atoms with Gasteiger partial charge in [-0.2, -0.15) is 0 Å². The van der Waals surface area contributed by atoms with Crippen LogP contribution < -0.4 is 5.73 Å². The second kappa shape index (κ2) is 6.07. The van der Waals surface area contributed by atoms with Crippen molar-refractivity contribution >= 4 is 28.5 Å². The molecule has 0 spiro atoms. The molecule has 0 aliphatic rings. The van der Waals surface area contributed by atoms with Crippen molar-refractivity contribution in [3.8, 4) is 0 Å². The minimum absolute atomic E-state index is 0.468. The van der Waals surface area contributed by atoms with E-state index < -0.39 is 0 Å². The molecule has 18 heavy (non-hydrogen) atoms. The topological polar surface area (TPSA) is 38.9 Å². The van der Waals surface area contributed by atoms with Crippen LogP contribution in [0.15, 0.2) is 30.3 Å². The Kier molecular flexibility index (Phi) is 4.44. The third-order valence-electron chi connectivity index (χ3n) is 2.77. The molecular weight excluding hydrogens is 260 g/mol. The number of rotatable bonds is 5. The molecule has 0 saturated heterocycles. The van der Waals surface area contributed by atoms with E-state index in [1.165, 1.54) is 5.56 Å². The summed E-state index contributed by atoms with van der Waals surface area (Å²) in [5.41, 5.74) is 8.09. The molecule has 0 radical (unpaired) electrons. The highest BCUT2D eigenvalue weighted by molar-refractivity contribution is 7.81. The molecule has 1 heterocycles. The fraction of sp³-hybridized carbons (Fsp3) is 0.286. The van der Waals surface area contributed by atoms with Crippen molar-refractivity contribution in [3.63, 3.8) is 0 Å². The lowest BCUT2D eigenvalue weighted by atomic mass is 10.1. The largest absolute Gasteiger partial charge is 0.389 e. The summed E-state index contributed by atoms with van der Waals surface area (Å²) in [6.45, 7) is 2.08. The summed E-state index contributed by atoms with van der Waals surface area (Å²) in [5.74, 6) is 0. The van der Waals surface area contributed by atoms with Crippen LogP contribution in [0.5, 0.6) is 0 Å². The van der Waals surface area contributed by atoms with Crippen LogP contribution in [0.4, 0.5) is 0 Å². The molecule has 0 saturated carbocycles. The summed E-state index contributed by atoms with van der Waals surface area (Å²) in [7, 11) is 0. The first-order chi connectivity index (χ1) is 8.70. The normalized spacial score (nSPS) is 10.5. The lowest BCUT2D eigenvalue weighted by Crippen LogP contribution is -2.09. The summed E-state index contributed by atoms with van der Waals surface area (Å²) in [6, 6.07) is 10.4. The number of thiazole rings is 1. The van der Waals surface area contributed by atoms with Crippen molar-refractivity contribution < 1.29 is 0 Å². The molecule has 2 aromatic rings. The standard InChI is InChI=1S/C14H16N2S2/c1-2-11-13(14(15)17)18-12(16-11)9-8-10-6-4-3-5-7-10/h3-7H,2,8-9H2,1H3,(H2,15,17). The van der Waals surface area contributed by atoms with Crippen molar-refractivity contribution in [1.29, 1.82) is 0 Å². The molecule has 2 N–H and O–H groups in total. The van der Waals surface area contributed by atoms with E-state index in [1.807, 2.05) is 6.07 Å². The van der Waals surface area contributed by atoms with Gasteiger partial charge in [-0.15, -0.1) is 11.3 Å². The lowest BCUT2D eigenvalue weighted by molar-refractivity contribution is 0.922. The predicted molar refractivity (Wildman–Crippen MR) is 81.2 cm³/mol. The first-order valence-electron chi connectivity index (χ1n) is 6.03. The Bertz CT molecular complexity index is 532. The molecule has 0 unspecified atom stereocenters. The molecule has 0 fully saturated rings. The summed E-state index contributed by atoms with van der Waals surface area (Å²) in [6.07, 6.45) is 2.84. The molecule has 0 aliphatic carbocycles. The third-order valence-corrected chi connectivity index (χ3v) is 4.29. The monoisotopic (exact) mass is 276 g/mol. The fourth-order valence-electron chi connectivity index (χ4n) is 1.84. The third kappa shape index (κ3) is 3.15. The summed E-state index contributed by atoms with van der Waals surface area (Å²) < 4.78 is 0. The van der Waals surface area contributed by atoms with E-state index in [-0.39, 0.29) is 0 Å².